The van der Waals surface area contributed by atoms with Gasteiger partial charge in [0, 0.05) is 0 Å². The average Bonchev–Trinajstić information content (AvgIpc) is 2.23. The van der Waals surface area contributed by atoms with Crippen LogP contribution in [0.4, 0.5) is 5.82 Å². The summed E-state index contributed by atoms with van der Waals surface area (Å²) in [7, 11) is 0. The highest BCUT2D eigenvalue weighted by atomic mass is 16.7. The zero-order valence-electron chi connectivity index (χ0n) is 8.81. The predicted octanol–water partition coefficient (Wildman–Crippen LogP) is 0.393. The molecule has 0 aromatic carbocycles. The Morgan fingerprint density at radius 1 is 1.56 bits per heavy atom. The van der Waals surface area contributed by atoms with Crippen LogP contribution >= 0.6 is 0 Å². The quantitative estimate of drug-likeness (QED) is 0.709. The van der Waals surface area contributed by atoms with Crippen LogP contribution in [0.2, 0.25) is 0 Å². The molecule has 16 heavy (non-hydrogen) atoms. The molecule has 1 heterocycles. The van der Waals surface area contributed by atoms with Crippen molar-refractivity contribution in [1.82, 2.24) is 10.2 Å². The van der Waals surface area contributed by atoms with Gasteiger partial charge in [0.05, 0.1) is 5.69 Å². The molecule has 0 aliphatic carbocycles. The van der Waals surface area contributed by atoms with Crippen molar-refractivity contribution in [2.75, 3.05) is 12.1 Å². The smallest absolute Gasteiger partial charge is 0.332 e. The van der Waals surface area contributed by atoms with E-state index in [4.69, 9.17) is 10.4 Å². The number of aromatic nitrogens is 2. The van der Waals surface area contributed by atoms with Crippen molar-refractivity contribution >= 4 is 11.8 Å². The summed E-state index contributed by atoms with van der Waals surface area (Å²) in [6.45, 7) is 2.93. The zero-order valence-corrected chi connectivity index (χ0v) is 8.81. The predicted molar refractivity (Wildman–Crippen MR) is 53.4 cm³/mol. The van der Waals surface area contributed by atoms with Gasteiger partial charge < -0.3 is 5.11 Å². The lowest BCUT2D eigenvalue weighted by atomic mass is 10.1. The van der Waals surface area contributed by atoms with Crippen molar-refractivity contribution in [3.05, 3.63) is 16.8 Å². The molecule has 0 unspecified atom stereocenters. The van der Waals surface area contributed by atoms with Crippen molar-refractivity contribution in [2.45, 2.75) is 13.8 Å². The summed E-state index contributed by atoms with van der Waals surface area (Å²) >= 11 is 0. The van der Waals surface area contributed by atoms with E-state index in [1.54, 1.807) is 13.8 Å². The van der Waals surface area contributed by atoms with Crippen LogP contribution in [0.1, 0.15) is 16.8 Å². The Bertz CT molecular complexity index is 453. The molecule has 0 saturated heterocycles. The molecule has 0 atom stereocenters. The van der Waals surface area contributed by atoms with Crippen LogP contribution in [0, 0.1) is 25.2 Å². The summed E-state index contributed by atoms with van der Waals surface area (Å²) in [4.78, 5) is 14.8. The maximum absolute atomic E-state index is 10.2. The van der Waals surface area contributed by atoms with E-state index in [2.05, 4.69) is 20.5 Å². The number of nitriles is 1. The minimum atomic E-state index is -1.12. The van der Waals surface area contributed by atoms with Gasteiger partial charge in [-0.3, -0.25) is 4.84 Å². The van der Waals surface area contributed by atoms with Gasteiger partial charge in [-0.25, -0.2) is 10.3 Å². The topological polar surface area (TPSA) is 108 Å². The number of carboxylic acids is 1. The largest absolute Gasteiger partial charge is 0.479 e. The third-order valence-corrected chi connectivity index (χ3v) is 1.93. The lowest BCUT2D eigenvalue weighted by molar-refractivity contribution is -0.141. The van der Waals surface area contributed by atoms with E-state index >= 15 is 0 Å². The maximum Gasteiger partial charge on any atom is 0.332 e. The first-order chi connectivity index (χ1) is 7.56. The molecule has 0 saturated carbocycles. The highest BCUT2D eigenvalue weighted by molar-refractivity contribution is 5.68. The van der Waals surface area contributed by atoms with Crippen molar-refractivity contribution < 1.29 is 14.7 Å². The number of anilines is 1. The first-order valence-corrected chi connectivity index (χ1v) is 4.39. The molecule has 0 radical (unpaired) electrons. The molecule has 7 nitrogen and oxygen atoms in total. The molecule has 0 aliphatic heterocycles. The third-order valence-electron chi connectivity index (χ3n) is 1.93. The van der Waals surface area contributed by atoms with Gasteiger partial charge in [-0.1, -0.05) is 0 Å². The van der Waals surface area contributed by atoms with Gasteiger partial charge in [-0.2, -0.15) is 10.4 Å². The highest BCUT2D eigenvalue weighted by Gasteiger charge is 2.10. The minimum absolute atomic E-state index is 0.117. The Morgan fingerprint density at radius 2 is 2.25 bits per heavy atom. The number of aryl methyl sites for hydroxylation is 1. The molecule has 7 heteroatoms. The molecule has 0 amide bonds. The molecule has 2 N–H and O–H groups in total. The lowest BCUT2D eigenvalue weighted by Gasteiger charge is -2.07. The number of hydrogen-bond acceptors (Lipinski definition) is 6. The van der Waals surface area contributed by atoms with Crippen LogP contribution in [0.3, 0.4) is 0 Å². The second-order valence-corrected chi connectivity index (χ2v) is 3.03. The van der Waals surface area contributed by atoms with Gasteiger partial charge in [0.2, 0.25) is 0 Å². The van der Waals surface area contributed by atoms with E-state index in [-0.39, 0.29) is 11.4 Å². The van der Waals surface area contributed by atoms with Crippen molar-refractivity contribution in [3.8, 4) is 6.07 Å². The first-order valence-electron chi connectivity index (χ1n) is 4.39. The van der Waals surface area contributed by atoms with Gasteiger partial charge in [0.15, 0.2) is 12.4 Å². The van der Waals surface area contributed by atoms with Gasteiger partial charge in [0.25, 0.3) is 0 Å². The van der Waals surface area contributed by atoms with Crippen molar-refractivity contribution in [3.63, 3.8) is 0 Å². The monoisotopic (exact) mass is 222 g/mol. The number of rotatable bonds is 4. The minimum Gasteiger partial charge on any atom is -0.479 e. The van der Waals surface area contributed by atoms with Crippen LogP contribution in [0.5, 0.6) is 0 Å². The number of carboxylic acid groups (broad SMARTS) is 1. The number of nitrogens with zero attached hydrogens (tertiary/aromatic N) is 3. The fraction of sp³-hybridized carbons (Fsp3) is 0.333. The molecule has 1 aromatic rings. The normalized spacial score (nSPS) is 9.56. The summed E-state index contributed by atoms with van der Waals surface area (Å²) in [5.41, 5.74) is 3.90. The molecule has 1 aromatic heterocycles. The van der Waals surface area contributed by atoms with Crippen LogP contribution in [-0.2, 0) is 9.63 Å². The second-order valence-electron chi connectivity index (χ2n) is 3.03. The fourth-order valence-electron chi connectivity index (χ4n) is 0.983. The van der Waals surface area contributed by atoms with Crippen LogP contribution in [0.25, 0.3) is 0 Å². The molecule has 84 valence electrons. The summed E-state index contributed by atoms with van der Waals surface area (Å²) in [6.07, 6.45) is 0. The molecule has 0 spiro atoms. The molecular formula is C9H10N4O3. The summed E-state index contributed by atoms with van der Waals surface area (Å²) < 4.78 is 0. The molecule has 0 fully saturated rings. The SMILES string of the molecule is Cc1nnc(NOCC(=O)O)c(C#N)c1C. The number of aliphatic carboxylic acids is 1. The number of hydrogen-bond donors (Lipinski definition) is 2. The van der Waals surface area contributed by atoms with E-state index < -0.39 is 12.6 Å². The van der Waals surface area contributed by atoms with Gasteiger partial charge in [-0.05, 0) is 19.4 Å². The van der Waals surface area contributed by atoms with Gasteiger partial charge in [-0.15, -0.1) is 5.10 Å². The highest BCUT2D eigenvalue weighted by Crippen LogP contribution is 2.16. The summed E-state index contributed by atoms with van der Waals surface area (Å²) in [6, 6.07) is 1.95. The Balaban J connectivity index is 2.85. The molecule has 1 rings (SSSR count). The summed E-state index contributed by atoms with van der Waals surface area (Å²) in [5.74, 6) is -1.00. The van der Waals surface area contributed by atoms with Crippen LogP contribution < -0.4 is 5.48 Å². The fourth-order valence-corrected chi connectivity index (χ4v) is 0.983. The average molecular weight is 222 g/mol. The Labute approximate surface area is 91.6 Å². The third kappa shape index (κ3) is 2.65. The maximum atomic E-state index is 10.2. The lowest BCUT2D eigenvalue weighted by Crippen LogP contribution is -2.14. The zero-order chi connectivity index (χ0) is 12.1. The summed E-state index contributed by atoms with van der Waals surface area (Å²) in [5, 5.41) is 24.8. The van der Waals surface area contributed by atoms with Crippen molar-refractivity contribution in [1.29, 1.82) is 5.26 Å². The standard InChI is InChI=1S/C9H10N4O3/c1-5-6(2)11-12-9(7(5)3-10)13-16-4-8(14)15/h4H2,1-2H3,(H,12,13)(H,14,15). The number of carbonyl (C=O) groups is 1. The first kappa shape index (κ1) is 11.9. The molecular weight excluding hydrogens is 212 g/mol. The molecule has 0 bridgehead atoms. The molecule has 0 aliphatic rings. The Hall–Kier alpha value is -2.20. The van der Waals surface area contributed by atoms with E-state index in [9.17, 15) is 4.79 Å². The second kappa shape index (κ2) is 5.04. The van der Waals surface area contributed by atoms with Gasteiger partial charge >= 0.3 is 5.97 Å². The van der Waals surface area contributed by atoms with Crippen LogP contribution in [-0.4, -0.2) is 27.9 Å². The Morgan fingerprint density at radius 3 is 2.81 bits per heavy atom. The van der Waals surface area contributed by atoms with Crippen LogP contribution in [0.15, 0.2) is 0 Å². The van der Waals surface area contributed by atoms with E-state index in [0.29, 0.717) is 11.3 Å². The van der Waals surface area contributed by atoms with E-state index in [1.165, 1.54) is 0 Å². The van der Waals surface area contributed by atoms with E-state index in [0.717, 1.165) is 0 Å². The van der Waals surface area contributed by atoms with E-state index in [1.807, 2.05) is 6.07 Å². The van der Waals surface area contributed by atoms with Crippen molar-refractivity contribution in [2.24, 2.45) is 0 Å². The number of nitrogens with one attached hydrogen (secondary N) is 1. The van der Waals surface area contributed by atoms with Gasteiger partial charge in [0.1, 0.15) is 11.6 Å². The Kier molecular flexibility index (Phi) is 3.74.